The number of thiazole rings is 1. The SMILES string of the molecule is C#CCNC(=O)/C(C#N)=c1\s/c(=C/Nc2cccc(NC(=O)CN3CCCc4ccccc43)c2)c(=O)n1CC. The van der Waals surface area contributed by atoms with Crippen LogP contribution in [-0.2, 0) is 22.6 Å². The first kappa shape index (κ1) is 27.2. The highest BCUT2D eigenvalue weighted by Crippen LogP contribution is 2.26. The van der Waals surface area contributed by atoms with Gasteiger partial charge in [-0.2, -0.15) is 5.26 Å². The predicted octanol–water partition coefficient (Wildman–Crippen LogP) is 1.59. The summed E-state index contributed by atoms with van der Waals surface area (Å²) in [5.74, 6) is 1.54. The number of hydrogen-bond donors (Lipinski definition) is 3. The summed E-state index contributed by atoms with van der Waals surface area (Å²) < 4.78 is 1.96. The van der Waals surface area contributed by atoms with E-state index in [9.17, 15) is 19.6 Å². The molecule has 10 heteroatoms. The van der Waals surface area contributed by atoms with Gasteiger partial charge in [-0.15, -0.1) is 17.8 Å². The molecule has 4 rings (SSSR count). The van der Waals surface area contributed by atoms with E-state index in [1.54, 1.807) is 31.2 Å². The monoisotopic (exact) mass is 540 g/mol. The molecule has 2 aromatic carbocycles. The topological polar surface area (TPSA) is 119 Å². The number of nitrogens with zero attached hydrogens (tertiary/aromatic N) is 3. The number of terminal acetylenes is 1. The fourth-order valence-electron chi connectivity index (χ4n) is 4.39. The average molecular weight is 541 g/mol. The van der Waals surface area contributed by atoms with Crippen molar-refractivity contribution in [3.63, 3.8) is 0 Å². The Morgan fingerprint density at radius 1 is 1.18 bits per heavy atom. The van der Waals surface area contributed by atoms with Crippen LogP contribution in [0.3, 0.4) is 0 Å². The van der Waals surface area contributed by atoms with Crippen molar-refractivity contribution in [3.05, 3.63) is 73.6 Å². The zero-order valence-electron chi connectivity index (χ0n) is 21.5. The van der Waals surface area contributed by atoms with Gasteiger partial charge in [-0.3, -0.25) is 19.0 Å². The van der Waals surface area contributed by atoms with Crippen LogP contribution in [0.25, 0.3) is 11.8 Å². The van der Waals surface area contributed by atoms with Gasteiger partial charge in [0.2, 0.25) is 5.91 Å². The standard InChI is InChI=1S/C29H28N6O3S/c1-3-14-31-27(37)23(17-30)29-35(4-2)28(38)25(39-29)18-32-21-11-7-12-22(16-21)33-26(36)19-34-15-8-10-20-9-5-6-13-24(20)34/h1,5-7,9,11-13,16,18,32H,4,8,10,14-15,19H2,2H3,(H,31,37)(H,33,36)/b25-18+,29-23-. The summed E-state index contributed by atoms with van der Waals surface area (Å²) in [5.41, 5.74) is 3.13. The van der Waals surface area contributed by atoms with Gasteiger partial charge in [-0.1, -0.05) is 30.2 Å². The van der Waals surface area contributed by atoms with Crippen LogP contribution in [0.1, 0.15) is 18.9 Å². The third kappa shape index (κ3) is 6.38. The molecule has 39 heavy (non-hydrogen) atoms. The number of aromatic nitrogens is 1. The van der Waals surface area contributed by atoms with Crippen molar-refractivity contribution in [1.82, 2.24) is 9.88 Å². The van der Waals surface area contributed by atoms with Crippen LogP contribution in [0.4, 0.5) is 17.1 Å². The number of hydrogen-bond acceptors (Lipinski definition) is 7. The van der Waals surface area contributed by atoms with Gasteiger partial charge in [0.25, 0.3) is 11.5 Å². The predicted molar refractivity (Wildman–Crippen MR) is 155 cm³/mol. The quantitative estimate of drug-likeness (QED) is 0.374. The van der Waals surface area contributed by atoms with Crippen LogP contribution in [0.15, 0.2) is 53.3 Å². The summed E-state index contributed by atoms with van der Waals surface area (Å²) in [4.78, 5) is 40.2. The van der Waals surface area contributed by atoms with Crippen molar-refractivity contribution < 1.29 is 9.59 Å². The number of benzene rings is 2. The molecule has 1 aliphatic heterocycles. The van der Waals surface area contributed by atoms with E-state index in [0.29, 0.717) is 15.9 Å². The lowest BCUT2D eigenvalue weighted by atomic mass is 10.0. The second-order valence-electron chi connectivity index (χ2n) is 8.77. The minimum Gasteiger partial charge on any atom is -0.362 e. The van der Waals surface area contributed by atoms with Crippen molar-refractivity contribution in [1.29, 1.82) is 5.26 Å². The van der Waals surface area contributed by atoms with Crippen LogP contribution < -0.4 is 35.6 Å². The number of rotatable bonds is 8. The molecule has 0 spiro atoms. The normalized spacial score (nSPS) is 13.5. The Balaban J connectivity index is 1.51. The van der Waals surface area contributed by atoms with E-state index >= 15 is 0 Å². The Hall–Kier alpha value is -4.80. The van der Waals surface area contributed by atoms with Gasteiger partial charge >= 0.3 is 0 Å². The van der Waals surface area contributed by atoms with Gasteiger partial charge in [-0.05, 0) is 49.6 Å². The second-order valence-corrected chi connectivity index (χ2v) is 9.80. The molecule has 9 nitrogen and oxygen atoms in total. The van der Waals surface area contributed by atoms with E-state index in [4.69, 9.17) is 6.42 Å². The molecule has 198 valence electrons. The number of amides is 2. The summed E-state index contributed by atoms with van der Waals surface area (Å²) in [6.07, 6.45) is 8.74. The fraction of sp³-hybridized carbons (Fsp3) is 0.241. The third-order valence-corrected chi connectivity index (χ3v) is 7.32. The van der Waals surface area contributed by atoms with Gasteiger partial charge in [-0.25, -0.2) is 0 Å². The van der Waals surface area contributed by atoms with E-state index in [0.717, 1.165) is 36.4 Å². The molecule has 0 radical (unpaired) electrons. The molecule has 0 aliphatic carbocycles. The summed E-state index contributed by atoms with van der Waals surface area (Å²) in [5, 5.41) is 18.1. The lowest BCUT2D eigenvalue weighted by Gasteiger charge is -2.30. The van der Waals surface area contributed by atoms with Crippen molar-refractivity contribution in [2.45, 2.75) is 26.3 Å². The largest absolute Gasteiger partial charge is 0.362 e. The molecule has 0 atom stereocenters. The molecule has 3 N–H and O–H groups in total. The van der Waals surface area contributed by atoms with Gasteiger partial charge < -0.3 is 20.9 Å². The number of para-hydroxylation sites is 1. The second kappa shape index (κ2) is 12.6. The molecule has 0 bridgehead atoms. The molecule has 1 aliphatic rings. The summed E-state index contributed by atoms with van der Waals surface area (Å²) in [6.45, 7) is 3.11. The number of carbonyl (C=O) groups excluding carboxylic acids is 2. The van der Waals surface area contributed by atoms with Gasteiger partial charge in [0.15, 0.2) is 5.57 Å². The van der Waals surface area contributed by atoms with Crippen LogP contribution >= 0.6 is 11.3 Å². The average Bonchev–Trinajstić information content (AvgIpc) is 3.26. The van der Waals surface area contributed by atoms with E-state index in [-0.39, 0.29) is 41.3 Å². The van der Waals surface area contributed by atoms with Gasteiger partial charge in [0.1, 0.15) is 15.3 Å². The number of aryl methyl sites for hydroxylation is 1. The van der Waals surface area contributed by atoms with E-state index in [1.165, 1.54) is 16.3 Å². The number of nitrogens with one attached hydrogen (secondary N) is 3. The molecule has 0 unspecified atom stereocenters. The molecule has 1 aromatic heterocycles. The van der Waals surface area contributed by atoms with E-state index < -0.39 is 5.91 Å². The molecule has 2 heterocycles. The Labute approximate surface area is 230 Å². The summed E-state index contributed by atoms with van der Waals surface area (Å²) >= 11 is 1.04. The number of anilines is 3. The number of fused-ring (bicyclic) bond motifs is 1. The van der Waals surface area contributed by atoms with Crippen LogP contribution in [0.2, 0.25) is 0 Å². The molecule has 3 aromatic rings. The first-order valence-corrected chi connectivity index (χ1v) is 13.3. The van der Waals surface area contributed by atoms with E-state index in [2.05, 4.69) is 32.8 Å². The van der Waals surface area contributed by atoms with E-state index in [1.807, 2.05) is 24.3 Å². The lowest BCUT2D eigenvalue weighted by molar-refractivity contribution is -0.116. The summed E-state index contributed by atoms with van der Waals surface area (Å²) in [7, 11) is 0. The zero-order chi connectivity index (χ0) is 27.8. The first-order chi connectivity index (χ1) is 18.9. The number of carbonyl (C=O) groups is 2. The van der Waals surface area contributed by atoms with Crippen molar-refractivity contribution in [2.24, 2.45) is 0 Å². The zero-order valence-corrected chi connectivity index (χ0v) is 22.3. The molecule has 2 amide bonds. The highest BCUT2D eigenvalue weighted by molar-refractivity contribution is 7.07. The molecular formula is C29H28N6O3S. The van der Waals surface area contributed by atoms with Crippen LogP contribution in [-0.4, -0.2) is 36.0 Å². The Kier molecular flexibility index (Phi) is 8.82. The Morgan fingerprint density at radius 3 is 2.74 bits per heavy atom. The maximum absolute atomic E-state index is 12.9. The Morgan fingerprint density at radius 2 is 1.97 bits per heavy atom. The molecule has 0 saturated carbocycles. The first-order valence-electron chi connectivity index (χ1n) is 12.5. The van der Waals surface area contributed by atoms with Crippen molar-refractivity contribution in [3.8, 4) is 18.4 Å². The highest BCUT2D eigenvalue weighted by atomic mass is 32.1. The van der Waals surface area contributed by atoms with Gasteiger partial charge in [0.05, 0.1) is 13.1 Å². The smallest absolute Gasteiger partial charge is 0.270 e. The maximum Gasteiger partial charge on any atom is 0.270 e. The minimum atomic E-state index is -0.630. The van der Waals surface area contributed by atoms with Gasteiger partial charge in [0, 0.05) is 36.4 Å². The molecular weight excluding hydrogens is 512 g/mol. The van der Waals surface area contributed by atoms with Crippen LogP contribution in [0.5, 0.6) is 0 Å². The fourth-order valence-corrected chi connectivity index (χ4v) is 5.48. The molecule has 0 fully saturated rings. The van der Waals surface area contributed by atoms with Crippen molar-refractivity contribution >= 4 is 52.0 Å². The van der Waals surface area contributed by atoms with Crippen LogP contribution in [0, 0.1) is 23.7 Å². The summed E-state index contributed by atoms with van der Waals surface area (Å²) in [6, 6.07) is 17.2. The molecule has 0 saturated heterocycles. The van der Waals surface area contributed by atoms with Crippen molar-refractivity contribution in [2.75, 3.05) is 35.2 Å². The number of nitriles is 1. The Bertz CT molecular complexity index is 1660. The maximum atomic E-state index is 12.9. The third-order valence-electron chi connectivity index (χ3n) is 6.18. The lowest BCUT2D eigenvalue weighted by Crippen LogP contribution is -2.36. The highest BCUT2D eigenvalue weighted by Gasteiger charge is 2.19. The minimum absolute atomic E-state index is 0.0233.